The quantitative estimate of drug-likeness (QED) is 0.532. The first-order chi connectivity index (χ1) is 8.18. The minimum absolute atomic E-state index is 0.291. The van der Waals surface area contributed by atoms with Crippen molar-refractivity contribution < 1.29 is 35.8 Å². The second-order valence-corrected chi connectivity index (χ2v) is 6.65. The molecule has 1 fully saturated rings. The number of halogens is 6. The third-order valence-corrected chi connectivity index (χ3v) is 5.32. The molecule has 0 saturated carbocycles. The molecule has 0 radical (unpaired) electrons. The topological polar surface area (TPSA) is 21.7 Å². The molecule has 0 N–H and O–H groups in total. The summed E-state index contributed by atoms with van der Waals surface area (Å²) in [7, 11) is 0. The van der Waals surface area contributed by atoms with Crippen molar-refractivity contribution in [1.82, 2.24) is 5.32 Å². The average Bonchev–Trinajstić information content (AvgIpc) is 2.22. The van der Waals surface area contributed by atoms with Crippen molar-refractivity contribution in [3.8, 4) is 0 Å². The summed E-state index contributed by atoms with van der Waals surface area (Å²) >= 11 is 0. The van der Waals surface area contributed by atoms with Crippen LogP contribution >= 0.6 is 0 Å². The van der Waals surface area contributed by atoms with Gasteiger partial charge in [-0.05, 0) is 0 Å². The fourth-order valence-corrected chi connectivity index (χ4v) is 3.49. The summed E-state index contributed by atoms with van der Waals surface area (Å²) < 4.78 is 79.8. The van der Waals surface area contributed by atoms with E-state index in [-0.39, 0.29) is 0 Å². The number of ether oxygens (including phenoxy) is 2. The van der Waals surface area contributed by atoms with Gasteiger partial charge in [-0.3, -0.25) is 0 Å². The van der Waals surface area contributed by atoms with E-state index in [1.807, 2.05) is 0 Å². The van der Waals surface area contributed by atoms with Gasteiger partial charge in [0.1, 0.15) is 0 Å². The summed E-state index contributed by atoms with van der Waals surface area (Å²) in [6.07, 6.45) is -9.60. The molecule has 1 aliphatic heterocycles. The molecular formula is C8H10CfF6NO2. The van der Waals surface area contributed by atoms with Crippen LogP contribution in [0.15, 0.2) is 0 Å². The van der Waals surface area contributed by atoms with Gasteiger partial charge in [-0.2, -0.15) is 0 Å². The molecule has 3 nitrogen and oxygen atoms in total. The van der Waals surface area contributed by atoms with Gasteiger partial charge in [-0.1, -0.05) is 0 Å². The molecule has 0 aliphatic carbocycles. The Morgan fingerprint density at radius 1 is 1.11 bits per heavy atom. The van der Waals surface area contributed by atoms with Crippen LogP contribution in [0.25, 0.3) is 0 Å². The van der Waals surface area contributed by atoms with Crippen LogP contribution < -0.4 is 0 Å². The van der Waals surface area contributed by atoms with Crippen molar-refractivity contribution in [3.05, 3.63) is 0 Å². The third kappa shape index (κ3) is 5.11. The van der Waals surface area contributed by atoms with Crippen LogP contribution in [-0.2, 0) is 9.47 Å². The summed E-state index contributed by atoms with van der Waals surface area (Å²) in [4.78, 5) is 0. The predicted octanol–water partition coefficient (Wildman–Crippen LogP) is 1.59. The Labute approximate surface area is 94.1 Å². The standard InChI is InChI=1S/C4H2F6O.C4H8NO.Cf/c5-3(6,7)1-11-2-4(8,9)10;1-3-6-4-2-5-1;/h1H2;1-4H2;/q;-1;+1. The van der Waals surface area contributed by atoms with Gasteiger partial charge in [0.25, 0.3) is 0 Å². The summed E-state index contributed by atoms with van der Waals surface area (Å²) in [5.41, 5.74) is 0. The van der Waals surface area contributed by atoms with E-state index >= 15 is 0 Å². The maximum atomic E-state index is 12.5. The number of hydrogen-bond donors (Lipinski definition) is 0. The number of hydrogen-bond acceptors (Lipinski definition) is 3. The molecular weight excluding hydrogens is 507 g/mol. The Hall–Kier alpha value is -1.67. The monoisotopic (exact) mass is 515 g/mol. The van der Waals surface area contributed by atoms with E-state index in [9.17, 15) is 26.3 Å². The molecule has 0 aromatic heterocycles. The van der Waals surface area contributed by atoms with Gasteiger partial charge in [0, 0.05) is 0 Å². The Bertz CT molecular complexity index is 297. The predicted molar refractivity (Wildman–Crippen MR) is 45.5 cm³/mol. The molecule has 0 aromatic rings. The molecule has 0 unspecified atom stereocenters. The summed E-state index contributed by atoms with van der Waals surface area (Å²) in [6.45, 7) is -2.10. The fraction of sp³-hybridized carbons (Fsp3) is 0.875. The fourth-order valence-electron chi connectivity index (χ4n) is 0.974. The Balaban J connectivity index is 2.68. The number of nitrogens with zero attached hydrogens (tertiary/aromatic N) is 1. The number of alkyl halides is 6. The minimum atomic E-state index is -4.83. The zero-order valence-electron chi connectivity index (χ0n) is 8.88. The van der Waals surface area contributed by atoms with Crippen molar-refractivity contribution in [2.24, 2.45) is 0 Å². The Morgan fingerprint density at radius 2 is 1.67 bits per heavy atom. The third-order valence-electron chi connectivity index (χ3n) is 1.65. The van der Waals surface area contributed by atoms with Crippen molar-refractivity contribution in [2.75, 3.05) is 32.9 Å². The molecule has 18 heavy (non-hydrogen) atoms. The van der Waals surface area contributed by atoms with E-state index in [0.29, 0.717) is 26.3 Å². The average molecular weight is 517 g/mol. The van der Waals surface area contributed by atoms with Crippen LogP contribution in [-0.4, -0.2) is 57.2 Å². The van der Waals surface area contributed by atoms with Gasteiger partial charge in [-0.15, -0.1) is 0 Å². The molecule has 1 rings (SSSR count). The van der Waals surface area contributed by atoms with Crippen LogP contribution in [0.4, 0.5) is 26.3 Å². The van der Waals surface area contributed by atoms with E-state index in [4.69, 9.17) is 4.74 Å². The number of rotatable bonds is 3. The zero-order valence-corrected chi connectivity index (χ0v) is 11.5. The van der Waals surface area contributed by atoms with Crippen LogP contribution in [0, 0.1) is 0 Å². The molecule has 0 bridgehead atoms. The number of morpholine rings is 1. The normalized spacial score (nSPS) is 19.8. The van der Waals surface area contributed by atoms with Gasteiger partial charge < -0.3 is 0 Å². The first-order valence-corrected chi connectivity index (χ1v) is 7.23. The molecule has 0 amide bonds. The van der Waals surface area contributed by atoms with E-state index in [2.05, 4.69) is 4.74 Å². The first kappa shape index (κ1) is 14.4. The van der Waals surface area contributed by atoms with Crippen molar-refractivity contribution in [1.29, 1.82) is 0 Å². The molecule has 1 saturated heterocycles. The molecule has 10 heteroatoms. The zero-order chi connectivity index (χ0) is 13.8. The van der Waals surface area contributed by atoms with Gasteiger partial charge in [-0.25, -0.2) is 0 Å². The second-order valence-electron chi connectivity index (χ2n) is 3.20. The van der Waals surface area contributed by atoms with Crippen LogP contribution in [0.1, 0.15) is 0 Å². The van der Waals surface area contributed by atoms with E-state index in [0.717, 1.165) is 0 Å². The van der Waals surface area contributed by atoms with E-state index in [1.165, 1.54) is 5.32 Å². The van der Waals surface area contributed by atoms with Gasteiger partial charge in [0.15, 0.2) is 0 Å². The van der Waals surface area contributed by atoms with Crippen molar-refractivity contribution in [3.63, 3.8) is 0 Å². The van der Waals surface area contributed by atoms with Crippen molar-refractivity contribution in [2.45, 2.75) is 12.4 Å². The van der Waals surface area contributed by atoms with Crippen LogP contribution in [0.2, 0.25) is 0 Å². The van der Waals surface area contributed by atoms with Gasteiger partial charge >= 0.3 is 93.0 Å². The molecule has 0 aromatic carbocycles. The van der Waals surface area contributed by atoms with Gasteiger partial charge in [0.2, 0.25) is 0 Å². The first-order valence-electron chi connectivity index (χ1n) is 4.74. The van der Waals surface area contributed by atoms with Crippen LogP contribution in [0.5, 0.6) is 0 Å². The molecule has 0 spiro atoms. The Kier molecular flexibility index (Phi) is 4.25. The summed E-state index contributed by atoms with van der Waals surface area (Å²) in [5, 5.41) is 1.48. The molecule has 111 valence electrons. The van der Waals surface area contributed by atoms with Crippen molar-refractivity contribution >= 4 is 6.61 Å². The summed E-state index contributed by atoms with van der Waals surface area (Å²) in [6, 6.07) is 0. The van der Waals surface area contributed by atoms with Gasteiger partial charge in [0.05, 0.1) is 0 Å². The maximum absolute atomic E-state index is 12.5. The summed E-state index contributed by atoms with van der Waals surface area (Å²) in [5.74, 6) is 0. The second kappa shape index (κ2) is 5.32. The molecule has 1 heterocycles. The van der Waals surface area contributed by atoms with E-state index < -0.39 is 25.6 Å². The SMILES string of the molecule is FC(F)(F)CO[C](=[Cf][N]1CCOCC1)C(F)(F)F. The molecule has 1 aliphatic rings. The van der Waals surface area contributed by atoms with Crippen LogP contribution in [0.3, 0.4) is 0 Å². The Morgan fingerprint density at radius 3 is 2.11 bits per heavy atom. The van der Waals surface area contributed by atoms with E-state index in [1.54, 1.807) is 0 Å². The molecule has 0 atom stereocenters.